The van der Waals surface area contributed by atoms with Crippen LogP contribution < -0.4 is 0 Å². The fourth-order valence-electron chi connectivity index (χ4n) is 4.04. The Hall–Kier alpha value is -1.85. The number of furan rings is 1. The number of rotatable bonds is 3. The maximum absolute atomic E-state index is 12.9. The fraction of sp³-hybridized carbons (Fsp3) is 0.526. The monoisotopic (exact) mass is 328 g/mol. The van der Waals surface area contributed by atoms with Gasteiger partial charge in [-0.2, -0.15) is 0 Å². The van der Waals surface area contributed by atoms with Crippen molar-refractivity contribution in [2.24, 2.45) is 0 Å². The molecule has 128 valence electrons. The average Bonchev–Trinajstić information content (AvgIpc) is 3.28. The molecule has 0 spiro atoms. The minimum Gasteiger partial charge on any atom is -0.451 e. The topological polar surface area (TPSA) is 56.9 Å². The van der Waals surface area contributed by atoms with Gasteiger partial charge in [0.15, 0.2) is 5.76 Å². The van der Waals surface area contributed by atoms with Crippen molar-refractivity contribution in [2.75, 3.05) is 32.7 Å². The van der Waals surface area contributed by atoms with Crippen LogP contribution in [0.3, 0.4) is 0 Å². The van der Waals surface area contributed by atoms with Crippen molar-refractivity contribution < 1.29 is 14.3 Å². The highest BCUT2D eigenvalue weighted by molar-refractivity contribution is 5.99. The lowest BCUT2D eigenvalue weighted by Crippen LogP contribution is -2.45. The number of likely N-dealkylation sites (tertiary alicyclic amines) is 2. The molecular formula is C19H24N2O3. The summed E-state index contributed by atoms with van der Waals surface area (Å²) in [5, 5.41) is 11.8. The van der Waals surface area contributed by atoms with Gasteiger partial charge in [0.05, 0.1) is 12.1 Å². The van der Waals surface area contributed by atoms with Crippen LogP contribution in [-0.2, 0) is 0 Å². The Bertz CT molecular complexity index is 763. The Morgan fingerprint density at radius 2 is 2.00 bits per heavy atom. The highest BCUT2D eigenvalue weighted by Gasteiger charge is 2.41. The van der Waals surface area contributed by atoms with Gasteiger partial charge >= 0.3 is 0 Å². The zero-order valence-corrected chi connectivity index (χ0v) is 14.1. The first-order valence-corrected chi connectivity index (χ1v) is 8.78. The summed E-state index contributed by atoms with van der Waals surface area (Å²) in [7, 11) is 0. The summed E-state index contributed by atoms with van der Waals surface area (Å²) in [6.45, 7) is 5.66. The first-order chi connectivity index (χ1) is 11.6. The molecule has 0 bridgehead atoms. The lowest BCUT2D eigenvalue weighted by molar-refractivity contribution is 0.0171. The smallest absolute Gasteiger partial charge is 0.289 e. The zero-order chi connectivity index (χ0) is 16.7. The Morgan fingerprint density at radius 1 is 1.25 bits per heavy atom. The van der Waals surface area contributed by atoms with Crippen molar-refractivity contribution >= 4 is 16.9 Å². The number of aryl methyl sites for hydroxylation is 1. The number of aliphatic hydroxyl groups is 1. The summed E-state index contributed by atoms with van der Waals surface area (Å²) in [5.41, 5.74) is 0.829. The molecule has 0 radical (unpaired) electrons. The molecule has 3 heterocycles. The van der Waals surface area contributed by atoms with Gasteiger partial charge in [0.25, 0.3) is 5.91 Å². The van der Waals surface area contributed by atoms with E-state index in [0.29, 0.717) is 31.8 Å². The van der Waals surface area contributed by atoms with Crippen LogP contribution in [0.1, 0.15) is 35.4 Å². The number of hydrogen-bond acceptors (Lipinski definition) is 4. The van der Waals surface area contributed by atoms with Crippen LogP contribution in [0.4, 0.5) is 0 Å². The number of amides is 1. The van der Waals surface area contributed by atoms with E-state index < -0.39 is 5.60 Å². The fourth-order valence-corrected chi connectivity index (χ4v) is 4.04. The van der Waals surface area contributed by atoms with E-state index in [0.717, 1.165) is 29.6 Å². The number of para-hydroxylation sites is 1. The normalized spacial score (nSPS) is 25.0. The SMILES string of the molecule is Cc1c(C(=O)N2CC[C@@](O)(CN3CCCC3)C2)oc2ccccc12. The van der Waals surface area contributed by atoms with Crippen molar-refractivity contribution in [1.82, 2.24) is 9.80 Å². The van der Waals surface area contributed by atoms with Gasteiger partial charge in [0.1, 0.15) is 5.58 Å². The first-order valence-electron chi connectivity index (χ1n) is 8.78. The number of carbonyl (C=O) groups excluding carboxylic acids is 1. The van der Waals surface area contributed by atoms with Gasteiger partial charge in [0.2, 0.25) is 0 Å². The van der Waals surface area contributed by atoms with Crippen LogP contribution >= 0.6 is 0 Å². The molecule has 1 atom stereocenters. The number of benzene rings is 1. The summed E-state index contributed by atoms with van der Waals surface area (Å²) in [6.07, 6.45) is 3.04. The summed E-state index contributed by atoms with van der Waals surface area (Å²) >= 11 is 0. The quantitative estimate of drug-likeness (QED) is 0.940. The molecule has 24 heavy (non-hydrogen) atoms. The average molecular weight is 328 g/mol. The Morgan fingerprint density at radius 3 is 2.75 bits per heavy atom. The van der Waals surface area contributed by atoms with E-state index in [1.807, 2.05) is 31.2 Å². The summed E-state index contributed by atoms with van der Waals surface area (Å²) in [5.74, 6) is 0.294. The molecule has 0 aliphatic carbocycles. The third-order valence-electron chi connectivity index (χ3n) is 5.37. The van der Waals surface area contributed by atoms with Crippen molar-refractivity contribution in [3.05, 3.63) is 35.6 Å². The van der Waals surface area contributed by atoms with Crippen LogP contribution in [-0.4, -0.2) is 59.1 Å². The van der Waals surface area contributed by atoms with Crippen LogP contribution in [0.2, 0.25) is 0 Å². The van der Waals surface area contributed by atoms with Crippen molar-refractivity contribution in [1.29, 1.82) is 0 Å². The Balaban J connectivity index is 1.51. The molecule has 4 rings (SSSR count). The minimum atomic E-state index is -0.792. The van der Waals surface area contributed by atoms with Crippen LogP contribution in [0.15, 0.2) is 28.7 Å². The molecule has 1 amide bonds. The van der Waals surface area contributed by atoms with E-state index >= 15 is 0 Å². The second kappa shape index (κ2) is 5.90. The Labute approximate surface area is 141 Å². The number of fused-ring (bicyclic) bond motifs is 1. The minimum absolute atomic E-state index is 0.110. The number of hydrogen-bond donors (Lipinski definition) is 1. The summed E-state index contributed by atoms with van der Waals surface area (Å²) < 4.78 is 5.79. The first kappa shape index (κ1) is 15.7. The highest BCUT2D eigenvalue weighted by atomic mass is 16.3. The molecule has 0 unspecified atom stereocenters. The largest absolute Gasteiger partial charge is 0.451 e. The van der Waals surface area contributed by atoms with Crippen LogP contribution in [0.5, 0.6) is 0 Å². The third-order valence-corrected chi connectivity index (χ3v) is 5.37. The highest BCUT2D eigenvalue weighted by Crippen LogP contribution is 2.29. The van der Waals surface area contributed by atoms with Gasteiger partial charge in [-0.15, -0.1) is 0 Å². The molecule has 5 nitrogen and oxygen atoms in total. The maximum Gasteiger partial charge on any atom is 0.289 e. The van der Waals surface area contributed by atoms with Crippen LogP contribution in [0, 0.1) is 6.92 Å². The van der Waals surface area contributed by atoms with E-state index in [1.165, 1.54) is 12.8 Å². The van der Waals surface area contributed by atoms with Gasteiger partial charge in [-0.1, -0.05) is 18.2 Å². The van der Waals surface area contributed by atoms with Crippen molar-refractivity contribution in [2.45, 2.75) is 31.8 Å². The number of nitrogens with zero attached hydrogens (tertiary/aromatic N) is 2. The maximum atomic E-state index is 12.9. The van der Waals surface area contributed by atoms with Gasteiger partial charge in [-0.25, -0.2) is 0 Å². The third kappa shape index (κ3) is 2.72. The molecule has 0 saturated carbocycles. The van der Waals surface area contributed by atoms with Gasteiger partial charge in [-0.05, 0) is 45.3 Å². The van der Waals surface area contributed by atoms with E-state index in [1.54, 1.807) is 4.90 Å². The molecule has 1 aromatic carbocycles. The lowest BCUT2D eigenvalue weighted by atomic mass is 10.0. The van der Waals surface area contributed by atoms with E-state index in [2.05, 4.69) is 4.90 Å². The van der Waals surface area contributed by atoms with Crippen LogP contribution in [0.25, 0.3) is 11.0 Å². The van der Waals surface area contributed by atoms with Crippen molar-refractivity contribution in [3.63, 3.8) is 0 Å². The van der Waals surface area contributed by atoms with Gasteiger partial charge in [-0.3, -0.25) is 4.79 Å². The molecular weight excluding hydrogens is 304 g/mol. The molecule has 1 aromatic heterocycles. The molecule has 1 N–H and O–H groups in total. The standard InChI is InChI=1S/C19H24N2O3/c1-14-15-6-2-3-7-16(15)24-17(14)18(22)21-11-8-19(23,13-21)12-20-9-4-5-10-20/h2-3,6-7,23H,4-5,8-13H2,1H3/t19-/m1/s1. The molecule has 5 heteroatoms. The second-order valence-electron chi connectivity index (χ2n) is 7.24. The number of β-amino-alcohol motifs (C(OH)–C–C–N with tert-alkyl or cyclic N) is 1. The molecule has 2 fully saturated rings. The number of carbonyl (C=O) groups is 1. The molecule has 2 aromatic rings. The predicted octanol–water partition coefficient (Wildman–Crippen LogP) is 2.41. The van der Waals surface area contributed by atoms with Crippen molar-refractivity contribution in [3.8, 4) is 0 Å². The lowest BCUT2D eigenvalue weighted by Gasteiger charge is -2.28. The molecule has 2 saturated heterocycles. The Kier molecular flexibility index (Phi) is 3.85. The molecule has 2 aliphatic rings. The predicted molar refractivity (Wildman–Crippen MR) is 92.1 cm³/mol. The van der Waals surface area contributed by atoms with E-state index in [4.69, 9.17) is 4.42 Å². The zero-order valence-electron chi connectivity index (χ0n) is 14.1. The van der Waals surface area contributed by atoms with E-state index in [-0.39, 0.29) is 5.91 Å². The molecule has 2 aliphatic heterocycles. The summed E-state index contributed by atoms with van der Waals surface area (Å²) in [6, 6.07) is 7.71. The van der Waals surface area contributed by atoms with E-state index in [9.17, 15) is 9.90 Å². The van der Waals surface area contributed by atoms with Gasteiger partial charge in [0, 0.05) is 24.0 Å². The second-order valence-corrected chi connectivity index (χ2v) is 7.24. The summed E-state index contributed by atoms with van der Waals surface area (Å²) in [4.78, 5) is 16.9. The van der Waals surface area contributed by atoms with Gasteiger partial charge < -0.3 is 19.3 Å².